The highest BCUT2D eigenvalue weighted by molar-refractivity contribution is 7.81. The van der Waals surface area contributed by atoms with E-state index in [1.807, 2.05) is 0 Å². The first kappa shape index (κ1) is 9.09. The van der Waals surface area contributed by atoms with Gasteiger partial charge in [-0.2, -0.15) is 0 Å². The van der Waals surface area contributed by atoms with E-state index >= 15 is 0 Å². The van der Waals surface area contributed by atoms with Crippen molar-refractivity contribution in [3.05, 3.63) is 0 Å². The molecule has 1 unspecified atom stereocenters. The Morgan fingerprint density at radius 3 is 2.40 bits per heavy atom. The molecule has 0 aromatic rings. The van der Waals surface area contributed by atoms with E-state index < -0.39 is 11.3 Å². The van der Waals surface area contributed by atoms with Crippen LogP contribution in [0.4, 0.5) is 0 Å². The average molecular weight is 163 g/mol. The van der Waals surface area contributed by atoms with Gasteiger partial charge in [0.15, 0.2) is 11.3 Å². The highest BCUT2D eigenvalue weighted by Crippen LogP contribution is 1.99. The number of thiol groups is 1. The molecule has 0 aliphatic heterocycles. The summed E-state index contributed by atoms with van der Waals surface area (Å²) in [5.74, 6) is -1.44. The molecular formula is C4H9N3O2S. The second kappa shape index (κ2) is 3.31. The van der Waals surface area contributed by atoms with Crippen LogP contribution in [0.2, 0.25) is 0 Å². The summed E-state index contributed by atoms with van der Waals surface area (Å²) in [5.41, 5.74) is 4.97. The summed E-state index contributed by atoms with van der Waals surface area (Å²) < 4.78 is 0. The lowest BCUT2D eigenvalue weighted by molar-refractivity contribution is -0.138. The van der Waals surface area contributed by atoms with Gasteiger partial charge in [0.2, 0.25) is 0 Å². The van der Waals surface area contributed by atoms with E-state index in [4.69, 9.17) is 16.2 Å². The van der Waals surface area contributed by atoms with Crippen molar-refractivity contribution in [3.63, 3.8) is 0 Å². The molecule has 0 heterocycles. The minimum atomic E-state index is -1.12. The van der Waals surface area contributed by atoms with Crippen LogP contribution in [-0.4, -0.2) is 34.4 Å². The predicted molar refractivity (Wildman–Crippen MR) is 40.1 cm³/mol. The number of nitrogens with zero attached hydrogens (tertiary/aromatic N) is 1. The normalized spacial score (nSPS) is 12.2. The van der Waals surface area contributed by atoms with Gasteiger partial charge in [0, 0.05) is 7.05 Å². The Morgan fingerprint density at radius 2 is 2.30 bits per heavy atom. The maximum atomic E-state index is 10.2. The fourth-order valence-corrected chi connectivity index (χ4v) is 0.422. The van der Waals surface area contributed by atoms with E-state index in [0.717, 1.165) is 4.90 Å². The number of nitrogens with one attached hydrogen (secondary N) is 1. The van der Waals surface area contributed by atoms with Crippen molar-refractivity contribution < 1.29 is 9.90 Å². The Morgan fingerprint density at radius 1 is 1.90 bits per heavy atom. The van der Waals surface area contributed by atoms with Crippen molar-refractivity contribution in [1.82, 2.24) is 4.90 Å². The molecule has 0 radical (unpaired) electrons. The van der Waals surface area contributed by atoms with Gasteiger partial charge in [-0.25, -0.2) is 4.79 Å². The number of guanidine groups is 1. The first-order chi connectivity index (χ1) is 4.46. The van der Waals surface area contributed by atoms with Crippen LogP contribution in [0.15, 0.2) is 0 Å². The molecule has 0 rings (SSSR count). The average Bonchev–Trinajstić information content (AvgIpc) is 1.84. The Hall–Kier alpha value is -0.910. The summed E-state index contributed by atoms with van der Waals surface area (Å²) >= 11 is 3.66. The molecule has 1 atom stereocenters. The Bertz CT molecular complexity index is 143. The molecular weight excluding hydrogens is 154 g/mol. The molecule has 0 aromatic heterocycles. The molecule has 0 aromatic carbocycles. The van der Waals surface area contributed by atoms with Gasteiger partial charge >= 0.3 is 5.97 Å². The molecule has 0 saturated carbocycles. The lowest BCUT2D eigenvalue weighted by Gasteiger charge is -2.19. The van der Waals surface area contributed by atoms with Crippen LogP contribution in [-0.2, 0) is 4.79 Å². The van der Waals surface area contributed by atoms with Crippen molar-refractivity contribution in [2.24, 2.45) is 5.73 Å². The molecule has 0 saturated heterocycles. The largest absolute Gasteiger partial charge is 0.479 e. The van der Waals surface area contributed by atoms with Crippen LogP contribution in [0.5, 0.6) is 0 Å². The van der Waals surface area contributed by atoms with E-state index in [1.54, 1.807) is 0 Å². The monoisotopic (exact) mass is 163 g/mol. The number of likely N-dealkylation sites (N-methyl/N-ethyl adjacent to an activating group) is 1. The number of carboxylic acids is 1. The van der Waals surface area contributed by atoms with Gasteiger partial charge in [-0.05, 0) is 0 Å². The maximum absolute atomic E-state index is 10.2. The van der Waals surface area contributed by atoms with Gasteiger partial charge in [-0.15, -0.1) is 12.6 Å². The number of carbonyl (C=O) groups is 1. The fraction of sp³-hybridized carbons (Fsp3) is 0.500. The summed E-state index contributed by atoms with van der Waals surface area (Å²) in [6, 6.07) is 0. The molecule has 4 N–H and O–H groups in total. The van der Waals surface area contributed by atoms with Crippen LogP contribution >= 0.6 is 12.6 Å². The predicted octanol–water partition coefficient (Wildman–Crippen LogP) is -0.848. The third kappa shape index (κ3) is 2.14. The van der Waals surface area contributed by atoms with Crippen molar-refractivity contribution in [2.45, 2.75) is 5.37 Å². The standard InChI is InChI=1S/C4H9N3O2S/c1-7(4(5)6)2(10)3(8)9/h2,10H,1H3,(H3,5,6)(H,8,9). The molecule has 6 heteroatoms. The number of nitrogens with two attached hydrogens (primary N) is 1. The second-order valence-electron chi connectivity index (χ2n) is 1.71. The molecule has 0 bridgehead atoms. The van der Waals surface area contributed by atoms with Crippen LogP contribution < -0.4 is 5.73 Å². The quantitative estimate of drug-likeness (QED) is 0.185. The minimum absolute atomic E-state index is 0.317. The highest BCUT2D eigenvalue weighted by Gasteiger charge is 2.17. The zero-order chi connectivity index (χ0) is 8.31. The number of hydrogen-bond donors (Lipinski definition) is 4. The van der Waals surface area contributed by atoms with Gasteiger partial charge in [0.05, 0.1) is 0 Å². The van der Waals surface area contributed by atoms with E-state index in [0.29, 0.717) is 0 Å². The summed E-state index contributed by atoms with van der Waals surface area (Å²) in [6.45, 7) is 0. The number of aliphatic carboxylic acids is 1. The minimum Gasteiger partial charge on any atom is -0.479 e. The molecule has 0 aliphatic carbocycles. The van der Waals surface area contributed by atoms with Gasteiger partial charge in [0.1, 0.15) is 0 Å². The van der Waals surface area contributed by atoms with Crippen LogP contribution in [0.25, 0.3) is 0 Å². The molecule has 0 aliphatic rings. The number of hydrogen-bond acceptors (Lipinski definition) is 3. The second-order valence-corrected chi connectivity index (χ2v) is 2.20. The molecule has 58 valence electrons. The molecule has 0 fully saturated rings. The first-order valence-corrected chi connectivity index (χ1v) is 2.96. The molecule has 5 nitrogen and oxygen atoms in total. The summed E-state index contributed by atoms with van der Waals surface area (Å²) in [5, 5.41) is 14.1. The molecule has 0 amide bonds. The summed E-state index contributed by atoms with van der Waals surface area (Å²) in [6.07, 6.45) is 0. The SMILES string of the molecule is CN(C(=N)N)C(S)C(=O)O. The van der Waals surface area contributed by atoms with Gasteiger partial charge in [-0.1, -0.05) is 0 Å². The van der Waals surface area contributed by atoms with Crippen LogP contribution in [0.1, 0.15) is 0 Å². The molecule has 0 spiro atoms. The van der Waals surface area contributed by atoms with Crippen molar-refractivity contribution in [3.8, 4) is 0 Å². The number of rotatable bonds is 2. The van der Waals surface area contributed by atoms with Crippen molar-refractivity contribution in [2.75, 3.05) is 7.05 Å². The van der Waals surface area contributed by atoms with Crippen molar-refractivity contribution >= 4 is 24.6 Å². The van der Waals surface area contributed by atoms with Crippen molar-refractivity contribution in [1.29, 1.82) is 5.41 Å². The lowest BCUT2D eigenvalue weighted by Crippen LogP contribution is -2.42. The first-order valence-electron chi connectivity index (χ1n) is 2.44. The summed E-state index contributed by atoms with van der Waals surface area (Å²) in [7, 11) is 1.38. The highest BCUT2D eigenvalue weighted by atomic mass is 32.1. The van der Waals surface area contributed by atoms with Crippen LogP contribution in [0.3, 0.4) is 0 Å². The maximum Gasteiger partial charge on any atom is 0.336 e. The van der Waals surface area contributed by atoms with E-state index in [9.17, 15) is 4.79 Å². The number of carboxylic acid groups (broad SMARTS) is 1. The van der Waals surface area contributed by atoms with Gasteiger partial charge in [0.25, 0.3) is 0 Å². The molecule has 10 heavy (non-hydrogen) atoms. The summed E-state index contributed by atoms with van der Waals surface area (Å²) in [4.78, 5) is 11.2. The van der Waals surface area contributed by atoms with Gasteiger partial charge < -0.3 is 15.7 Å². The Labute approximate surface area is 63.7 Å². The third-order valence-corrected chi connectivity index (χ3v) is 1.54. The van der Waals surface area contributed by atoms with E-state index in [-0.39, 0.29) is 5.96 Å². The Balaban J connectivity index is 4.07. The zero-order valence-corrected chi connectivity index (χ0v) is 6.30. The Kier molecular flexibility index (Phi) is 3.01. The van der Waals surface area contributed by atoms with E-state index in [2.05, 4.69) is 12.6 Å². The van der Waals surface area contributed by atoms with Gasteiger partial charge in [-0.3, -0.25) is 5.41 Å². The van der Waals surface area contributed by atoms with Crippen LogP contribution in [0, 0.1) is 5.41 Å². The fourth-order valence-electron chi connectivity index (χ4n) is 0.297. The third-order valence-electron chi connectivity index (χ3n) is 0.968. The lowest BCUT2D eigenvalue weighted by atomic mass is 10.6. The zero-order valence-electron chi connectivity index (χ0n) is 5.40. The smallest absolute Gasteiger partial charge is 0.336 e. The van der Waals surface area contributed by atoms with E-state index in [1.165, 1.54) is 7.05 Å². The topological polar surface area (TPSA) is 90.4 Å².